The Labute approximate surface area is 172 Å². The number of aromatic nitrogens is 4. The Morgan fingerprint density at radius 3 is 2.55 bits per heavy atom. The van der Waals surface area contributed by atoms with Gasteiger partial charge in [-0.3, -0.25) is 15.1 Å². The molecule has 2 aromatic heterocycles. The van der Waals surface area contributed by atoms with Crippen molar-refractivity contribution >= 4 is 33.3 Å². The molecule has 0 saturated heterocycles. The van der Waals surface area contributed by atoms with Crippen LogP contribution in [0.2, 0.25) is 5.02 Å². The fourth-order valence-corrected chi connectivity index (χ4v) is 3.64. The van der Waals surface area contributed by atoms with E-state index < -0.39 is 15.7 Å². The third-order valence-electron chi connectivity index (χ3n) is 4.33. The number of hydrogen-bond donors (Lipinski definition) is 1. The highest BCUT2D eigenvalue weighted by Crippen LogP contribution is 2.38. The van der Waals surface area contributed by atoms with Crippen LogP contribution < -0.4 is 5.32 Å². The van der Waals surface area contributed by atoms with E-state index in [4.69, 9.17) is 11.6 Å². The van der Waals surface area contributed by atoms with E-state index in [1.54, 1.807) is 18.3 Å². The summed E-state index contributed by atoms with van der Waals surface area (Å²) in [6.45, 7) is 0. The van der Waals surface area contributed by atoms with Gasteiger partial charge in [-0.2, -0.15) is 9.97 Å². The number of amides is 1. The van der Waals surface area contributed by atoms with Crippen molar-refractivity contribution in [3.63, 3.8) is 0 Å². The fourth-order valence-electron chi connectivity index (χ4n) is 2.66. The SMILES string of the molecule is CS(=O)(=O)c1ccc(C(=O)Nc2nc(-c3ccccn3)nc(C3CC3)n2)c(Cl)c1. The van der Waals surface area contributed by atoms with Crippen LogP contribution in [0.25, 0.3) is 11.5 Å². The van der Waals surface area contributed by atoms with Gasteiger partial charge in [-0.15, -0.1) is 0 Å². The number of nitrogens with one attached hydrogen (secondary N) is 1. The molecule has 1 N–H and O–H groups in total. The molecule has 0 bridgehead atoms. The monoisotopic (exact) mass is 429 g/mol. The molecule has 2 heterocycles. The Morgan fingerprint density at radius 2 is 1.93 bits per heavy atom. The molecule has 10 heteroatoms. The average molecular weight is 430 g/mol. The first-order valence-electron chi connectivity index (χ1n) is 8.79. The number of pyridine rings is 1. The van der Waals surface area contributed by atoms with Crippen molar-refractivity contribution in [2.45, 2.75) is 23.7 Å². The van der Waals surface area contributed by atoms with Crippen molar-refractivity contribution in [3.8, 4) is 11.5 Å². The lowest BCUT2D eigenvalue weighted by Crippen LogP contribution is -2.16. The van der Waals surface area contributed by atoms with Crippen LogP contribution in [0.1, 0.15) is 34.9 Å². The van der Waals surface area contributed by atoms with Crippen molar-refractivity contribution < 1.29 is 13.2 Å². The highest BCUT2D eigenvalue weighted by molar-refractivity contribution is 7.90. The Hall–Kier alpha value is -2.91. The van der Waals surface area contributed by atoms with Gasteiger partial charge in [-0.1, -0.05) is 17.7 Å². The summed E-state index contributed by atoms with van der Waals surface area (Å²) in [7, 11) is -3.43. The second-order valence-corrected chi connectivity index (χ2v) is 9.12. The van der Waals surface area contributed by atoms with Gasteiger partial charge in [-0.05, 0) is 43.2 Å². The first-order chi connectivity index (χ1) is 13.8. The summed E-state index contributed by atoms with van der Waals surface area (Å²) in [5.74, 6) is 0.769. The molecule has 0 radical (unpaired) electrons. The van der Waals surface area contributed by atoms with Crippen LogP contribution in [-0.2, 0) is 9.84 Å². The van der Waals surface area contributed by atoms with Gasteiger partial charge in [0.15, 0.2) is 15.7 Å². The molecule has 148 valence electrons. The largest absolute Gasteiger partial charge is 0.290 e. The van der Waals surface area contributed by atoms with E-state index >= 15 is 0 Å². The van der Waals surface area contributed by atoms with Gasteiger partial charge in [-0.25, -0.2) is 13.4 Å². The maximum atomic E-state index is 12.7. The first-order valence-corrected chi connectivity index (χ1v) is 11.1. The van der Waals surface area contributed by atoms with E-state index in [0.29, 0.717) is 17.3 Å². The van der Waals surface area contributed by atoms with E-state index in [-0.39, 0.29) is 27.3 Å². The standard InChI is InChI=1S/C19H16ClN5O3S/c1-29(27,28)12-7-8-13(14(20)10-12)18(26)25-19-23-16(11-5-6-11)22-17(24-19)15-4-2-3-9-21-15/h2-4,7-11H,5-6H2,1H3,(H,22,23,24,25,26). The van der Waals surface area contributed by atoms with Gasteiger partial charge in [0, 0.05) is 18.4 Å². The highest BCUT2D eigenvalue weighted by atomic mass is 35.5. The second kappa shape index (κ2) is 7.49. The Kier molecular flexibility index (Phi) is 5.01. The molecule has 1 amide bonds. The Bertz CT molecular complexity index is 1200. The number of sulfone groups is 1. The Balaban J connectivity index is 1.65. The van der Waals surface area contributed by atoms with Gasteiger partial charge < -0.3 is 0 Å². The zero-order valence-corrected chi connectivity index (χ0v) is 16.9. The highest BCUT2D eigenvalue weighted by Gasteiger charge is 2.28. The maximum Gasteiger partial charge on any atom is 0.259 e. The molecular formula is C19H16ClN5O3S. The van der Waals surface area contributed by atoms with Crippen LogP contribution in [0, 0.1) is 0 Å². The van der Waals surface area contributed by atoms with Crippen LogP contribution in [-0.4, -0.2) is 40.5 Å². The number of hydrogen-bond acceptors (Lipinski definition) is 7. The molecule has 1 aliphatic rings. The third kappa shape index (κ3) is 4.41. The second-order valence-electron chi connectivity index (χ2n) is 6.70. The summed E-state index contributed by atoms with van der Waals surface area (Å²) >= 11 is 6.13. The molecule has 0 unspecified atom stereocenters. The topological polar surface area (TPSA) is 115 Å². The minimum atomic E-state index is -3.43. The molecular weight excluding hydrogens is 414 g/mol. The van der Waals surface area contributed by atoms with Crippen molar-refractivity contribution in [2.75, 3.05) is 11.6 Å². The first kappa shape index (κ1) is 19.4. The minimum absolute atomic E-state index is 0.0202. The predicted molar refractivity (Wildman–Crippen MR) is 108 cm³/mol. The lowest BCUT2D eigenvalue weighted by molar-refractivity contribution is 0.102. The molecule has 3 aromatic rings. The quantitative estimate of drug-likeness (QED) is 0.662. The molecule has 1 aliphatic carbocycles. The van der Waals surface area contributed by atoms with Gasteiger partial charge in [0.05, 0.1) is 15.5 Å². The third-order valence-corrected chi connectivity index (χ3v) is 5.75. The van der Waals surface area contributed by atoms with Gasteiger partial charge in [0.2, 0.25) is 5.95 Å². The van der Waals surface area contributed by atoms with Crippen molar-refractivity contribution in [2.24, 2.45) is 0 Å². The van der Waals surface area contributed by atoms with Crippen molar-refractivity contribution in [1.82, 2.24) is 19.9 Å². The molecule has 1 aromatic carbocycles. The van der Waals surface area contributed by atoms with Crippen LogP contribution in [0.15, 0.2) is 47.5 Å². The summed E-state index contributed by atoms with van der Waals surface area (Å²) in [6.07, 6.45) is 4.68. The van der Waals surface area contributed by atoms with Crippen LogP contribution in [0.4, 0.5) is 5.95 Å². The molecule has 0 atom stereocenters. The van der Waals surface area contributed by atoms with Gasteiger partial charge >= 0.3 is 0 Å². The van der Waals surface area contributed by atoms with Crippen LogP contribution in [0.5, 0.6) is 0 Å². The zero-order chi connectivity index (χ0) is 20.6. The van der Waals surface area contributed by atoms with Crippen molar-refractivity contribution in [1.29, 1.82) is 0 Å². The normalized spacial score (nSPS) is 13.9. The molecule has 1 fully saturated rings. The summed E-state index contributed by atoms with van der Waals surface area (Å²) < 4.78 is 23.3. The number of carbonyl (C=O) groups is 1. The zero-order valence-electron chi connectivity index (χ0n) is 15.3. The molecule has 1 saturated carbocycles. The molecule has 29 heavy (non-hydrogen) atoms. The van der Waals surface area contributed by atoms with Gasteiger partial charge in [0.25, 0.3) is 5.91 Å². The number of halogens is 1. The van der Waals surface area contributed by atoms with E-state index in [2.05, 4.69) is 25.3 Å². The van der Waals surface area contributed by atoms with Crippen LogP contribution >= 0.6 is 11.6 Å². The van der Waals surface area contributed by atoms with E-state index in [1.807, 2.05) is 6.07 Å². The molecule has 8 nitrogen and oxygen atoms in total. The number of rotatable bonds is 5. The number of benzene rings is 1. The Morgan fingerprint density at radius 1 is 1.14 bits per heavy atom. The lowest BCUT2D eigenvalue weighted by atomic mass is 10.2. The number of carbonyl (C=O) groups excluding carboxylic acids is 1. The molecule has 4 rings (SSSR count). The van der Waals surface area contributed by atoms with E-state index in [0.717, 1.165) is 19.1 Å². The molecule has 0 aliphatic heterocycles. The smallest absolute Gasteiger partial charge is 0.259 e. The summed E-state index contributed by atoms with van der Waals surface area (Å²) in [5, 5.41) is 2.65. The number of anilines is 1. The molecule has 0 spiro atoms. The number of nitrogens with zero attached hydrogens (tertiary/aromatic N) is 4. The fraction of sp³-hybridized carbons (Fsp3) is 0.211. The van der Waals surface area contributed by atoms with Crippen molar-refractivity contribution in [3.05, 3.63) is 59.0 Å². The average Bonchev–Trinajstić information content (AvgIpc) is 3.53. The summed E-state index contributed by atoms with van der Waals surface area (Å²) in [5.41, 5.74) is 0.690. The lowest BCUT2D eigenvalue weighted by Gasteiger charge is -2.09. The summed E-state index contributed by atoms with van der Waals surface area (Å²) in [4.78, 5) is 30.1. The predicted octanol–water partition coefficient (Wildman–Crippen LogP) is 3.12. The summed E-state index contributed by atoms with van der Waals surface area (Å²) in [6, 6.07) is 9.32. The van der Waals surface area contributed by atoms with E-state index in [9.17, 15) is 13.2 Å². The van der Waals surface area contributed by atoms with Crippen LogP contribution in [0.3, 0.4) is 0 Å². The maximum absolute atomic E-state index is 12.7. The van der Waals surface area contributed by atoms with Gasteiger partial charge in [0.1, 0.15) is 11.5 Å². The minimum Gasteiger partial charge on any atom is -0.290 e. The van der Waals surface area contributed by atoms with E-state index in [1.165, 1.54) is 18.2 Å².